The van der Waals surface area contributed by atoms with E-state index >= 15 is 0 Å². The summed E-state index contributed by atoms with van der Waals surface area (Å²) in [6.45, 7) is 1.37. The van der Waals surface area contributed by atoms with E-state index in [1.165, 1.54) is 0 Å². The molecule has 0 saturated carbocycles. The van der Waals surface area contributed by atoms with Gasteiger partial charge in [0.1, 0.15) is 24.6 Å². The van der Waals surface area contributed by atoms with Gasteiger partial charge in [-0.25, -0.2) is 0 Å². The maximum Gasteiger partial charge on any atom is 0.119 e. The Balaban J connectivity index is 1.79. The van der Waals surface area contributed by atoms with Crippen LogP contribution in [-0.4, -0.2) is 43.7 Å². The molecule has 1 fully saturated rings. The molecule has 5 heteroatoms. The van der Waals surface area contributed by atoms with Crippen LogP contribution in [-0.2, 0) is 9.47 Å². The third-order valence-corrected chi connectivity index (χ3v) is 2.97. The molecule has 1 aromatic rings. The quantitative estimate of drug-likeness (QED) is 0.918. The fourth-order valence-electron chi connectivity index (χ4n) is 1.58. The maximum absolute atomic E-state index is 8.97. The molecule has 4 nitrogen and oxygen atoms in total. The number of halogens is 1. The summed E-state index contributed by atoms with van der Waals surface area (Å²) in [5.74, 6) is 0.794. The molecule has 0 radical (unpaired) electrons. The van der Waals surface area contributed by atoms with Gasteiger partial charge in [-0.2, -0.15) is 0 Å². The highest BCUT2D eigenvalue weighted by Crippen LogP contribution is 2.17. The van der Waals surface area contributed by atoms with E-state index in [4.69, 9.17) is 19.3 Å². The molecule has 2 atom stereocenters. The van der Waals surface area contributed by atoms with Crippen LogP contribution >= 0.6 is 15.9 Å². The molecule has 94 valence electrons. The monoisotopic (exact) mass is 302 g/mol. The second kappa shape index (κ2) is 6.35. The van der Waals surface area contributed by atoms with Gasteiger partial charge in [0.05, 0.1) is 19.8 Å². The first-order chi connectivity index (χ1) is 8.28. The lowest BCUT2D eigenvalue weighted by Crippen LogP contribution is -2.41. The van der Waals surface area contributed by atoms with Gasteiger partial charge in [-0.1, -0.05) is 15.9 Å². The number of aliphatic hydroxyl groups excluding tert-OH is 1. The van der Waals surface area contributed by atoms with E-state index in [0.29, 0.717) is 19.8 Å². The summed E-state index contributed by atoms with van der Waals surface area (Å²) in [6.07, 6.45) is -0.355. The summed E-state index contributed by atoms with van der Waals surface area (Å²) in [5, 5.41) is 8.97. The summed E-state index contributed by atoms with van der Waals surface area (Å²) in [5.41, 5.74) is 0. The Kier molecular flexibility index (Phi) is 4.79. The van der Waals surface area contributed by atoms with Gasteiger partial charge in [-0.15, -0.1) is 0 Å². The van der Waals surface area contributed by atoms with Crippen molar-refractivity contribution in [3.05, 3.63) is 28.7 Å². The minimum absolute atomic E-state index is 0.0191. The molecule has 0 unspecified atom stereocenters. The predicted octanol–water partition coefficient (Wildman–Crippen LogP) is 1.60. The van der Waals surface area contributed by atoms with Gasteiger partial charge in [0.15, 0.2) is 0 Å². The van der Waals surface area contributed by atoms with Crippen LogP contribution in [0.4, 0.5) is 0 Å². The minimum Gasteiger partial charge on any atom is -0.491 e. The normalized spacial score (nSPS) is 24.6. The molecule has 1 aliphatic rings. The van der Waals surface area contributed by atoms with Gasteiger partial charge in [0, 0.05) is 4.47 Å². The molecule has 1 saturated heterocycles. The molecule has 0 bridgehead atoms. The number of benzene rings is 1. The number of ether oxygens (including phenoxy) is 3. The van der Waals surface area contributed by atoms with E-state index in [0.717, 1.165) is 10.2 Å². The molecule has 0 aromatic heterocycles. The van der Waals surface area contributed by atoms with Gasteiger partial charge in [0.2, 0.25) is 0 Å². The Morgan fingerprint density at radius 2 is 1.94 bits per heavy atom. The lowest BCUT2D eigenvalue weighted by Gasteiger charge is -2.28. The van der Waals surface area contributed by atoms with Gasteiger partial charge >= 0.3 is 0 Å². The van der Waals surface area contributed by atoms with Crippen LogP contribution in [0.2, 0.25) is 0 Å². The zero-order valence-electron chi connectivity index (χ0n) is 9.34. The zero-order valence-corrected chi connectivity index (χ0v) is 10.9. The average Bonchev–Trinajstić information content (AvgIpc) is 2.38. The Morgan fingerprint density at radius 1 is 1.24 bits per heavy atom. The number of hydrogen-bond acceptors (Lipinski definition) is 4. The van der Waals surface area contributed by atoms with Crippen molar-refractivity contribution in [1.29, 1.82) is 0 Å². The highest BCUT2D eigenvalue weighted by molar-refractivity contribution is 9.10. The van der Waals surface area contributed by atoms with Crippen molar-refractivity contribution in [3.63, 3.8) is 0 Å². The Morgan fingerprint density at radius 3 is 2.65 bits per heavy atom. The molecular weight excluding hydrogens is 288 g/mol. The highest BCUT2D eigenvalue weighted by Gasteiger charge is 2.22. The summed E-state index contributed by atoms with van der Waals surface area (Å²) in [4.78, 5) is 0. The molecule has 1 N–H and O–H groups in total. The fourth-order valence-corrected chi connectivity index (χ4v) is 1.85. The first-order valence-electron chi connectivity index (χ1n) is 5.50. The van der Waals surface area contributed by atoms with Crippen LogP contribution in [0.15, 0.2) is 28.7 Å². The molecule has 2 rings (SSSR count). The molecule has 0 amide bonds. The lowest BCUT2D eigenvalue weighted by atomic mass is 10.3. The summed E-state index contributed by atoms with van der Waals surface area (Å²) >= 11 is 3.36. The Labute approximate surface area is 109 Å². The van der Waals surface area contributed by atoms with Crippen LogP contribution in [0.25, 0.3) is 0 Å². The van der Waals surface area contributed by atoms with Crippen molar-refractivity contribution in [2.45, 2.75) is 12.2 Å². The Hall–Kier alpha value is -0.620. The first-order valence-corrected chi connectivity index (χ1v) is 6.29. The first kappa shape index (κ1) is 12.8. The largest absolute Gasteiger partial charge is 0.491 e. The van der Waals surface area contributed by atoms with Gasteiger partial charge in [0.25, 0.3) is 0 Å². The molecule has 0 aliphatic carbocycles. The van der Waals surface area contributed by atoms with Crippen LogP contribution in [0.5, 0.6) is 5.75 Å². The highest BCUT2D eigenvalue weighted by atomic mass is 79.9. The van der Waals surface area contributed by atoms with Gasteiger partial charge in [-0.3, -0.25) is 0 Å². The van der Waals surface area contributed by atoms with E-state index in [1.807, 2.05) is 24.3 Å². The molecule has 0 spiro atoms. The van der Waals surface area contributed by atoms with E-state index in [1.54, 1.807) is 0 Å². The predicted molar refractivity (Wildman–Crippen MR) is 66.2 cm³/mol. The van der Waals surface area contributed by atoms with Gasteiger partial charge in [-0.05, 0) is 24.3 Å². The fraction of sp³-hybridized carbons (Fsp3) is 0.500. The van der Waals surface area contributed by atoms with E-state index < -0.39 is 0 Å². The van der Waals surface area contributed by atoms with Crippen LogP contribution in [0.3, 0.4) is 0 Å². The van der Waals surface area contributed by atoms with Crippen molar-refractivity contribution in [3.8, 4) is 5.75 Å². The number of aliphatic hydroxyl groups is 1. The van der Waals surface area contributed by atoms with Crippen molar-refractivity contribution in [2.24, 2.45) is 0 Å². The van der Waals surface area contributed by atoms with Crippen molar-refractivity contribution >= 4 is 15.9 Å². The van der Waals surface area contributed by atoms with Crippen LogP contribution < -0.4 is 4.74 Å². The van der Waals surface area contributed by atoms with Gasteiger partial charge < -0.3 is 19.3 Å². The average molecular weight is 303 g/mol. The van der Waals surface area contributed by atoms with Crippen LogP contribution in [0.1, 0.15) is 0 Å². The van der Waals surface area contributed by atoms with Crippen molar-refractivity contribution < 1.29 is 19.3 Å². The number of hydrogen-bond donors (Lipinski definition) is 1. The smallest absolute Gasteiger partial charge is 0.119 e. The second-order valence-electron chi connectivity index (χ2n) is 3.87. The van der Waals surface area contributed by atoms with E-state index in [-0.39, 0.29) is 18.8 Å². The van der Waals surface area contributed by atoms with E-state index in [9.17, 15) is 0 Å². The zero-order chi connectivity index (χ0) is 12.1. The maximum atomic E-state index is 8.97. The molecular formula is C12H15BrO4. The molecule has 1 aliphatic heterocycles. The summed E-state index contributed by atoms with van der Waals surface area (Å²) < 4.78 is 17.5. The lowest BCUT2D eigenvalue weighted by molar-refractivity contribution is -0.158. The summed E-state index contributed by atoms with van der Waals surface area (Å²) in [7, 11) is 0. The van der Waals surface area contributed by atoms with Crippen molar-refractivity contribution in [1.82, 2.24) is 0 Å². The molecule has 1 heterocycles. The molecule has 1 aromatic carbocycles. The summed E-state index contributed by atoms with van der Waals surface area (Å²) in [6, 6.07) is 7.61. The topological polar surface area (TPSA) is 47.9 Å². The third-order valence-electron chi connectivity index (χ3n) is 2.45. The minimum atomic E-state index is -0.234. The standard InChI is InChI=1S/C12H15BrO4/c13-9-1-3-10(4-2-9)16-8-12-7-15-6-11(5-14)17-12/h1-4,11-12,14H,5-8H2/t11-,12+/m1/s1. The van der Waals surface area contributed by atoms with Crippen molar-refractivity contribution in [2.75, 3.05) is 26.4 Å². The SMILES string of the molecule is OC[C@@H]1COC[C@@H](COc2ccc(Br)cc2)O1. The van der Waals surface area contributed by atoms with Crippen LogP contribution in [0, 0.1) is 0 Å². The third kappa shape index (κ3) is 3.96. The Bertz CT molecular complexity index is 341. The number of rotatable bonds is 4. The molecule has 17 heavy (non-hydrogen) atoms. The van der Waals surface area contributed by atoms with E-state index in [2.05, 4.69) is 15.9 Å². The second-order valence-corrected chi connectivity index (χ2v) is 4.78.